The van der Waals surface area contributed by atoms with Crippen LogP contribution < -0.4 is 0 Å². The number of aliphatic hydroxyl groups excluding tert-OH is 2. The topological polar surface area (TPSA) is 96.2 Å². The number of ether oxygens (including phenoxy) is 1. The minimum atomic E-state index is -3.60. The summed E-state index contributed by atoms with van der Waals surface area (Å²) >= 11 is 0. The minimum Gasteiger partial charge on any atom is -0.388 e. The fraction of sp³-hybridized carbons (Fsp3) is 1.00. The van der Waals surface area contributed by atoms with Gasteiger partial charge in [-0.05, 0) is 0 Å². The Balaban J connectivity index is 2.44. The van der Waals surface area contributed by atoms with E-state index in [1.807, 2.05) is 0 Å². The Hall–Kier alpha value is 0.0949. The smallest absolute Gasteiger partial charge is 0.325 e. The molecule has 1 fully saturated rings. The van der Waals surface area contributed by atoms with Crippen molar-refractivity contribution in [3.63, 3.8) is 0 Å². The fourth-order valence-corrected chi connectivity index (χ4v) is 1.55. The highest BCUT2D eigenvalue weighted by atomic mass is 31.2. The predicted molar refractivity (Wildman–Crippen MR) is 48.1 cm³/mol. The molecule has 0 bridgehead atoms. The van der Waals surface area contributed by atoms with Crippen molar-refractivity contribution in [1.29, 1.82) is 0 Å². The third-order valence-electron chi connectivity index (χ3n) is 1.88. The highest BCUT2D eigenvalue weighted by Gasteiger charge is 2.40. The molecule has 5 atom stereocenters. The summed E-state index contributed by atoms with van der Waals surface area (Å²) in [4.78, 5) is 8.80. The maximum Gasteiger partial charge on any atom is 0.325 e. The molecule has 0 saturated carbocycles. The lowest BCUT2D eigenvalue weighted by molar-refractivity contribution is -0.00440. The van der Waals surface area contributed by atoms with Crippen molar-refractivity contribution < 1.29 is 28.9 Å². The van der Waals surface area contributed by atoms with Crippen molar-refractivity contribution >= 4 is 15.4 Å². The van der Waals surface area contributed by atoms with Crippen LogP contribution in [0.15, 0.2) is 0 Å². The molecular weight excluding hydrogens is 210 g/mol. The van der Waals surface area contributed by atoms with Crippen LogP contribution in [0.1, 0.15) is 0 Å². The Morgan fingerprint density at radius 3 is 2.43 bits per heavy atom. The van der Waals surface area contributed by atoms with E-state index in [2.05, 4.69) is 4.52 Å². The molecular formula is C6H12BO6P. The van der Waals surface area contributed by atoms with Crippen LogP contribution in [0.3, 0.4) is 0 Å². The summed E-state index contributed by atoms with van der Waals surface area (Å²) in [5.74, 6) is 0. The molecule has 1 rings (SSSR count). The second-order valence-electron chi connectivity index (χ2n) is 3.22. The summed E-state index contributed by atoms with van der Waals surface area (Å²) in [5.41, 5.74) is 0. The molecule has 1 aliphatic rings. The van der Waals surface area contributed by atoms with Gasteiger partial charge in [0.25, 0.3) is 0 Å². The van der Waals surface area contributed by atoms with Gasteiger partial charge in [0.15, 0.2) is 0 Å². The van der Waals surface area contributed by atoms with E-state index in [4.69, 9.17) is 17.5 Å². The molecule has 2 unspecified atom stereocenters. The Kier molecular flexibility index (Phi) is 3.74. The number of hydrogen-bond donors (Lipinski definition) is 3. The molecule has 1 heterocycles. The highest BCUT2D eigenvalue weighted by molar-refractivity contribution is 7.51. The number of hydrogen-bond acceptors (Lipinski definition) is 5. The Bertz CT molecular complexity index is 242. The first-order valence-corrected chi connectivity index (χ1v) is 6.06. The van der Waals surface area contributed by atoms with E-state index in [1.165, 1.54) is 0 Å². The van der Waals surface area contributed by atoms with Crippen LogP contribution in [0.4, 0.5) is 0 Å². The molecule has 2 radical (unpaired) electrons. The van der Waals surface area contributed by atoms with Crippen molar-refractivity contribution in [1.82, 2.24) is 0 Å². The molecule has 6 nitrogen and oxygen atoms in total. The van der Waals surface area contributed by atoms with Gasteiger partial charge >= 0.3 is 7.60 Å². The van der Waals surface area contributed by atoms with E-state index in [0.29, 0.717) is 0 Å². The van der Waals surface area contributed by atoms with Gasteiger partial charge in [-0.1, -0.05) is 0 Å². The normalized spacial score (nSPS) is 42.3. The van der Waals surface area contributed by atoms with E-state index >= 15 is 0 Å². The summed E-state index contributed by atoms with van der Waals surface area (Å²) in [6, 6.07) is -0.992. The van der Waals surface area contributed by atoms with E-state index in [-0.39, 0.29) is 6.61 Å². The summed E-state index contributed by atoms with van der Waals surface area (Å²) in [5, 5.41) is 18.5. The average Bonchev–Trinajstić information content (AvgIpc) is 2.28. The number of rotatable bonds is 3. The molecule has 0 aromatic rings. The summed E-state index contributed by atoms with van der Waals surface area (Å²) in [6.45, 7) is 0.737. The number of aliphatic hydroxyl groups is 2. The van der Waals surface area contributed by atoms with Crippen LogP contribution in [-0.4, -0.2) is 60.5 Å². The molecule has 1 aliphatic heterocycles. The monoisotopic (exact) mass is 222 g/mol. The molecule has 14 heavy (non-hydrogen) atoms. The first-order chi connectivity index (χ1) is 6.31. The SMILES string of the molecule is [B][C@@H]1O[C@H](COP(C)(=O)O)C(O)[C@@H]1O. The quantitative estimate of drug-likeness (QED) is 0.394. The largest absolute Gasteiger partial charge is 0.388 e. The first-order valence-electron chi connectivity index (χ1n) is 4.03. The standard InChI is InChI=1S/C6H12BO6P/c1-14(10,11)12-2-3-4(8)5(9)6(7)13-3/h3-6,8-9H,2H2,1H3,(H,10,11)/t3-,4?,5+,6-/m1/s1. The maximum atomic E-state index is 10.7. The zero-order valence-electron chi connectivity index (χ0n) is 7.61. The van der Waals surface area contributed by atoms with Gasteiger partial charge in [-0.3, -0.25) is 4.57 Å². The van der Waals surface area contributed by atoms with Crippen molar-refractivity contribution in [3.05, 3.63) is 0 Å². The Labute approximate surface area is 82.8 Å². The van der Waals surface area contributed by atoms with Crippen LogP contribution >= 0.6 is 7.60 Å². The second-order valence-corrected chi connectivity index (χ2v) is 5.08. The van der Waals surface area contributed by atoms with Crippen molar-refractivity contribution in [2.24, 2.45) is 0 Å². The van der Waals surface area contributed by atoms with Crippen molar-refractivity contribution in [3.8, 4) is 0 Å². The van der Waals surface area contributed by atoms with Gasteiger partial charge in [0.2, 0.25) is 0 Å². The predicted octanol–water partition coefficient (Wildman–Crippen LogP) is -1.57. The molecule has 0 aromatic heterocycles. The van der Waals surface area contributed by atoms with Crippen LogP contribution in [-0.2, 0) is 13.8 Å². The van der Waals surface area contributed by atoms with Gasteiger partial charge in [0.05, 0.1) is 12.7 Å². The van der Waals surface area contributed by atoms with Gasteiger partial charge < -0.3 is 24.4 Å². The van der Waals surface area contributed by atoms with Crippen LogP contribution in [0.25, 0.3) is 0 Å². The zero-order valence-corrected chi connectivity index (χ0v) is 8.50. The second kappa shape index (κ2) is 4.30. The fourth-order valence-electron chi connectivity index (χ4n) is 1.13. The van der Waals surface area contributed by atoms with Gasteiger partial charge in [-0.15, -0.1) is 0 Å². The lowest BCUT2D eigenvalue weighted by Gasteiger charge is -2.15. The molecule has 0 aliphatic carbocycles. The average molecular weight is 222 g/mol. The molecule has 3 N–H and O–H groups in total. The molecule has 80 valence electrons. The van der Waals surface area contributed by atoms with Crippen LogP contribution in [0.5, 0.6) is 0 Å². The van der Waals surface area contributed by atoms with Gasteiger partial charge in [0, 0.05) is 12.7 Å². The van der Waals surface area contributed by atoms with Crippen molar-refractivity contribution in [2.45, 2.75) is 24.3 Å². The van der Waals surface area contributed by atoms with E-state index in [1.54, 1.807) is 0 Å². The minimum absolute atomic E-state index is 0.282. The molecule has 1 saturated heterocycles. The van der Waals surface area contributed by atoms with E-state index < -0.39 is 31.9 Å². The molecule has 0 spiro atoms. The summed E-state index contributed by atoms with van der Waals surface area (Å²) < 4.78 is 20.2. The third-order valence-corrected chi connectivity index (χ3v) is 2.51. The lowest BCUT2D eigenvalue weighted by atomic mass is 9.93. The molecule has 8 heteroatoms. The Morgan fingerprint density at radius 2 is 2.07 bits per heavy atom. The maximum absolute atomic E-state index is 10.7. The Morgan fingerprint density at radius 1 is 1.50 bits per heavy atom. The van der Waals surface area contributed by atoms with Gasteiger partial charge in [0.1, 0.15) is 20.1 Å². The third kappa shape index (κ3) is 3.05. The van der Waals surface area contributed by atoms with Crippen LogP contribution in [0, 0.1) is 0 Å². The van der Waals surface area contributed by atoms with Gasteiger partial charge in [-0.2, -0.15) is 0 Å². The summed E-state index contributed by atoms with van der Waals surface area (Å²) in [7, 11) is 1.68. The zero-order chi connectivity index (χ0) is 10.9. The van der Waals surface area contributed by atoms with Crippen molar-refractivity contribution in [2.75, 3.05) is 13.3 Å². The summed E-state index contributed by atoms with van der Waals surface area (Å²) in [6.07, 6.45) is -3.27. The first kappa shape index (κ1) is 12.2. The van der Waals surface area contributed by atoms with Crippen LogP contribution in [0.2, 0.25) is 0 Å². The molecule has 0 amide bonds. The van der Waals surface area contributed by atoms with Gasteiger partial charge in [-0.25, -0.2) is 0 Å². The highest BCUT2D eigenvalue weighted by Crippen LogP contribution is 2.37. The molecule has 0 aromatic carbocycles. The van der Waals surface area contributed by atoms with E-state index in [0.717, 1.165) is 6.66 Å². The lowest BCUT2D eigenvalue weighted by Crippen LogP contribution is -2.34. The van der Waals surface area contributed by atoms with E-state index in [9.17, 15) is 14.8 Å².